The lowest BCUT2D eigenvalue weighted by molar-refractivity contribution is -0.175. The number of amides is 1. The van der Waals surface area contributed by atoms with Crippen LogP contribution in [0.25, 0.3) is 0 Å². The molecule has 3 atom stereocenters. The number of ether oxygens (including phenoxy) is 2. The van der Waals surface area contributed by atoms with Crippen LogP contribution in [0.1, 0.15) is 33.1 Å². The van der Waals surface area contributed by atoms with Crippen molar-refractivity contribution in [2.24, 2.45) is 23.0 Å². The summed E-state index contributed by atoms with van der Waals surface area (Å²) in [5.74, 6) is 0.697. The predicted octanol–water partition coefficient (Wildman–Crippen LogP) is 0.672. The van der Waals surface area contributed by atoms with Crippen LogP contribution < -0.4 is 11.1 Å². The van der Waals surface area contributed by atoms with Gasteiger partial charge in [-0.1, -0.05) is 13.8 Å². The summed E-state index contributed by atoms with van der Waals surface area (Å²) >= 11 is 0. The van der Waals surface area contributed by atoms with E-state index in [4.69, 9.17) is 15.2 Å². The SMILES string of the molecule is CC1(C)C2OCCC2C1(N)C(=O)NCC1CCOCC1. The first-order chi connectivity index (χ1) is 9.48. The van der Waals surface area contributed by atoms with Crippen molar-refractivity contribution >= 4 is 5.91 Å². The van der Waals surface area contributed by atoms with Crippen LogP contribution in [0.5, 0.6) is 0 Å². The van der Waals surface area contributed by atoms with Gasteiger partial charge in [-0.15, -0.1) is 0 Å². The molecule has 3 N–H and O–H groups in total. The molecule has 20 heavy (non-hydrogen) atoms. The summed E-state index contributed by atoms with van der Waals surface area (Å²) in [6.45, 7) is 7.15. The fraction of sp³-hybridized carbons (Fsp3) is 0.933. The minimum atomic E-state index is -0.778. The maximum Gasteiger partial charge on any atom is 0.241 e. The lowest BCUT2D eigenvalue weighted by Crippen LogP contribution is -2.80. The van der Waals surface area contributed by atoms with Crippen molar-refractivity contribution < 1.29 is 14.3 Å². The van der Waals surface area contributed by atoms with E-state index in [-0.39, 0.29) is 23.3 Å². The van der Waals surface area contributed by atoms with Crippen molar-refractivity contribution in [1.82, 2.24) is 5.32 Å². The fourth-order valence-electron chi connectivity index (χ4n) is 4.18. The first-order valence-corrected chi connectivity index (χ1v) is 7.74. The molecular weight excluding hydrogens is 256 g/mol. The van der Waals surface area contributed by atoms with Crippen LogP contribution in [-0.2, 0) is 14.3 Å². The minimum absolute atomic E-state index is 0.000687. The summed E-state index contributed by atoms with van der Waals surface area (Å²) in [4.78, 5) is 12.6. The highest BCUT2D eigenvalue weighted by Gasteiger charge is 2.71. The third-order valence-electron chi connectivity index (χ3n) is 5.72. The highest BCUT2D eigenvalue weighted by atomic mass is 16.5. The van der Waals surface area contributed by atoms with Gasteiger partial charge in [0.25, 0.3) is 0 Å². The molecule has 1 amide bonds. The Balaban J connectivity index is 1.61. The van der Waals surface area contributed by atoms with E-state index in [0.717, 1.165) is 45.6 Å². The minimum Gasteiger partial charge on any atom is -0.381 e. The van der Waals surface area contributed by atoms with Crippen LogP contribution in [0.15, 0.2) is 0 Å². The van der Waals surface area contributed by atoms with Gasteiger partial charge in [-0.25, -0.2) is 0 Å². The van der Waals surface area contributed by atoms with Crippen molar-refractivity contribution in [2.45, 2.75) is 44.8 Å². The molecular formula is C15H26N2O3. The maximum absolute atomic E-state index is 12.6. The Kier molecular flexibility index (Phi) is 3.55. The lowest BCUT2D eigenvalue weighted by atomic mass is 9.48. The Bertz CT molecular complexity index is 393. The summed E-state index contributed by atoms with van der Waals surface area (Å²) < 4.78 is 11.1. The number of hydrogen-bond acceptors (Lipinski definition) is 4. The number of nitrogens with one attached hydrogen (secondary N) is 1. The Morgan fingerprint density at radius 1 is 1.25 bits per heavy atom. The van der Waals surface area contributed by atoms with E-state index in [1.54, 1.807) is 0 Å². The van der Waals surface area contributed by atoms with E-state index in [1.165, 1.54) is 0 Å². The third kappa shape index (κ3) is 1.90. The van der Waals surface area contributed by atoms with E-state index in [9.17, 15) is 4.79 Å². The Morgan fingerprint density at radius 2 is 1.95 bits per heavy atom. The van der Waals surface area contributed by atoms with Gasteiger partial charge in [0.1, 0.15) is 5.54 Å². The molecule has 0 bridgehead atoms. The molecule has 2 heterocycles. The fourth-order valence-corrected chi connectivity index (χ4v) is 4.18. The zero-order valence-corrected chi connectivity index (χ0v) is 12.5. The number of carbonyl (C=O) groups excluding carboxylic acids is 1. The van der Waals surface area contributed by atoms with E-state index in [2.05, 4.69) is 5.32 Å². The summed E-state index contributed by atoms with van der Waals surface area (Å²) in [7, 11) is 0. The molecule has 0 radical (unpaired) electrons. The van der Waals surface area contributed by atoms with Gasteiger partial charge in [-0.3, -0.25) is 4.79 Å². The molecule has 5 nitrogen and oxygen atoms in total. The zero-order valence-electron chi connectivity index (χ0n) is 12.5. The van der Waals surface area contributed by atoms with Gasteiger partial charge in [0.15, 0.2) is 0 Å². The van der Waals surface area contributed by atoms with Gasteiger partial charge in [0.05, 0.1) is 6.10 Å². The number of nitrogens with two attached hydrogens (primary N) is 1. The average molecular weight is 282 g/mol. The van der Waals surface area contributed by atoms with Crippen molar-refractivity contribution in [1.29, 1.82) is 0 Å². The summed E-state index contributed by atoms with van der Waals surface area (Å²) in [6, 6.07) is 0. The lowest BCUT2D eigenvalue weighted by Gasteiger charge is -2.60. The van der Waals surface area contributed by atoms with Crippen molar-refractivity contribution in [3.05, 3.63) is 0 Å². The Morgan fingerprint density at radius 3 is 2.65 bits per heavy atom. The van der Waals surface area contributed by atoms with Crippen molar-refractivity contribution in [3.8, 4) is 0 Å². The molecule has 3 unspecified atom stereocenters. The van der Waals surface area contributed by atoms with Crippen LogP contribution in [0.4, 0.5) is 0 Å². The molecule has 1 aliphatic carbocycles. The van der Waals surface area contributed by atoms with Gasteiger partial charge in [-0.05, 0) is 25.2 Å². The van der Waals surface area contributed by atoms with E-state index >= 15 is 0 Å². The highest BCUT2D eigenvalue weighted by molar-refractivity contribution is 5.89. The van der Waals surface area contributed by atoms with Crippen LogP contribution in [0.2, 0.25) is 0 Å². The molecule has 2 aliphatic heterocycles. The molecule has 1 saturated carbocycles. The van der Waals surface area contributed by atoms with Crippen molar-refractivity contribution in [3.63, 3.8) is 0 Å². The molecule has 114 valence electrons. The van der Waals surface area contributed by atoms with Crippen LogP contribution in [0.3, 0.4) is 0 Å². The molecule has 3 rings (SSSR count). The normalized spacial score (nSPS) is 40.0. The summed E-state index contributed by atoms with van der Waals surface area (Å²) in [6.07, 6.45) is 3.09. The molecule has 0 spiro atoms. The molecule has 0 aromatic carbocycles. The molecule has 0 aromatic heterocycles. The zero-order chi connectivity index (χ0) is 14.4. The quantitative estimate of drug-likeness (QED) is 0.798. The third-order valence-corrected chi connectivity index (χ3v) is 5.72. The second kappa shape index (κ2) is 4.97. The standard InChI is InChI=1S/C15H26N2O3/c1-14(2)12-11(5-8-20-12)15(14,16)13(18)17-9-10-3-6-19-7-4-10/h10-12H,3-9,16H2,1-2H3,(H,17,18). The Labute approximate surface area is 120 Å². The molecule has 3 aliphatic rings. The van der Waals surface area contributed by atoms with Gasteiger partial charge in [0, 0.05) is 37.7 Å². The molecule has 3 fully saturated rings. The number of rotatable bonds is 3. The number of fused-ring (bicyclic) bond motifs is 1. The second-order valence-electron chi connectivity index (χ2n) is 7.04. The molecule has 5 heteroatoms. The monoisotopic (exact) mass is 282 g/mol. The summed E-state index contributed by atoms with van der Waals surface area (Å²) in [5, 5.41) is 3.09. The van der Waals surface area contributed by atoms with E-state index in [1.807, 2.05) is 13.8 Å². The summed E-state index contributed by atoms with van der Waals surface area (Å²) in [5.41, 5.74) is 5.45. The first-order valence-electron chi connectivity index (χ1n) is 7.74. The average Bonchev–Trinajstić information content (AvgIpc) is 2.93. The topological polar surface area (TPSA) is 73.6 Å². The van der Waals surface area contributed by atoms with Crippen molar-refractivity contribution in [2.75, 3.05) is 26.4 Å². The maximum atomic E-state index is 12.6. The van der Waals surface area contributed by atoms with Crippen LogP contribution in [0, 0.1) is 17.3 Å². The largest absolute Gasteiger partial charge is 0.381 e. The second-order valence-corrected chi connectivity index (χ2v) is 7.04. The molecule has 2 saturated heterocycles. The highest BCUT2D eigenvalue weighted by Crippen LogP contribution is 2.58. The van der Waals surface area contributed by atoms with Gasteiger partial charge >= 0.3 is 0 Å². The smallest absolute Gasteiger partial charge is 0.241 e. The number of carbonyl (C=O) groups is 1. The van der Waals surface area contributed by atoms with Gasteiger partial charge < -0.3 is 20.5 Å². The van der Waals surface area contributed by atoms with Crippen LogP contribution in [-0.4, -0.2) is 43.9 Å². The Hall–Kier alpha value is -0.650. The first kappa shape index (κ1) is 14.3. The van der Waals surface area contributed by atoms with Crippen LogP contribution >= 0.6 is 0 Å². The number of hydrogen-bond donors (Lipinski definition) is 2. The van der Waals surface area contributed by atoms with Gasteiger partial charge in [0.2, 0.25) is 5.91 Å². The van der Waals surface area contributed by atoms with Gasteiger partial charge in [-0.2, -0.15) is 0 Å². The molecule has 0 aromatic rings. The predicted molar refractivity (Wildman–Crippen MR) is 75.1 cm³/mol. The van der Waals surface area contributed by atoms with E-state index in [0.29, 0.717) is 5.92 Å². The van der Waals surface area contributed by atoms with E-state index < -0.39 is 5.54 Å².